The molecule has 0 aliphatic carbocycles. The summed E-state index contributed by atoms with van der Waals surface area (Å²) in [5, 5.41) is 12.8. The number of benzene rings is 1. The fourth-order valence-electron chi connectivity index (χ4n) is 1.41. The van der Waals surface area contributed by atoms with E-state index in [1.165, 1.54) is 0 Å². The van der Waals surface area contributed by atoms with Crippen LogP contribution in [0.25, 0.3) is 0 Å². The molecule has 0 aliphatic heterocycles. The zero-order valence-electron chi connectivity index (χ0n) is 8.91. The van der Waals surface area contributed by atoms with Crippen LogP contribution in [0.1, 0.15) is 15.9 Å². The highest BCUT2D eigenvalue weighted by atomic mass is 35.5. The minimum atomic E-state index is -0.921. The number of carboxylic acid groups (broad SMARTS) is 1. The quantitative estimate of drug-likeness (QED) is 0.871. The van der Waals surface area contributed by atoms with Crippen LogP contribution < -0.4 is 5.73 Å². The second-order valence-corrected chi connectivity index (χ2v) is 3.47. The zero-order valence-corrected chi connectivity index (χ0v) is 9.72. The van der Waals surface area contributed by atoms with Crippen molar-refractivity contribution in [1.82, 2.24) is 9.78 Å². The summed E-state index contributed by atoms with van der Waals surface area (Å²) in [6.07, 6.45) is 3.30. The Bertz CT molecular complexity index is 508. The van der Waals surface area contributed by atoms with Gasteiger partial charge in [0.25, 0.3) is 0 Å². The van der Waals surface area contributed by atoms with Gasteiger partial charge in [-0.25, -0.2) is 4.79 Å². The molecule has 5 nitrogen and oxygen atoms in total. The monoisotopic (exact) mass is 253 g/mol. The topological polar surface area (TPSA) is 81.1 Å². The number of aromatic nitrogens is 2. The maximum absolute atomic E-state index is 10.6. The fourth-order valence-corrected chi connectivity index (χ4v) is 1.41. The van der Waals surface area contributed by atoms with E-state index in [1.807, 2.05) is 0 Å². The molecule has 0 radical (unpaired) electrons. The Morgan fingerprint density at radius 1 is 1.35 bits per heavy atom. The number of halogens is 1. The average Bonchev–Trinajstić information content (AvgIpc) is 2.65. The maximum atomic E-state index is 10.6. The van der Waals surface area contributed by atoms with Gasteiger partial charge in [-0.3, -0.25) is 4.68 Å². The number of aromatic carboxylic acids is 1. The molecule has 0 saturated heterocycles. The molecule has 0 fully saturated rings. The molecule has 6 heteroatoms. The lowest BCUT2D eigenvalue weighted by Gasteiger charge is -2.02. The van der Waals surface area contributed by atoms with Crippen molar-refractivity contribution in [2.24, 2.45) is 0 Å². The molecule has 2 aromatic rings. The van der Waals surface area contributed by atoms with Crippen molar-refractivity contribution < 1.29 is 9.90 Å². The molecule has 0 unspecified atom stereocenters. The first-order chi connectivity index (χ1) is 7.65. The Morgan fingerprint density at radius 2 is 2.00 bits per heavy atom. The second kappa shape index (κ2) is 5.36. The summed E-state index contributed by atoms with van der Waals surface area (Å²) in [6, 6.07) is 6.68. The van der Waals surface area contributed by atoms with E-state index < -0.39 is 5.97 Å². The van der Waals surface area contributed by atoms with Crippen LogP contribution in [-0.4, -0.2) is 20.9 Å². The lowest BCUT2D eigenvalue weighted by Crippen LogP contribution is -2.01. The molecule has 90 valence electrons. The van der Waals surface area contributed by atoms with Gasteiger partial charge in [-0.15, -0.1) is 12.4 Å². The van der Waals surface area contributed by atoms with E-state index in [4.69, 9.17) is 10.8 Å². The van der Waals surface area contributed by atoms with Crippen LogP contribution in [0.2, 0.25) is 0 Å². The van der Waals surface area contributed by atoms with Crippen molar-refractivity contribution in [3.05, 3.63) is 47.8 Å². The molecule has 2 rings (SSSR count). The van der Waals surface area contributed by atoms with E-state index in [9.17, 15) is 4.79 Å². The maximum Gasteiger partial charge on any atom is 0.335 e. The van der Waals surface area contributed by atoms with Crippen molar-refractivity contribution in [1.29, 1.82) is 0 Å². The Balaban J connectivity index is 0.00000144. The molecule has 0 saturated carbocycles. The van der Waals surface area contributed by atoms with Gasteiger partial charge >= 0.3 is 5.97 Å². The van der Waals surface area contributed by atoms with Crippen molar-refractivity contribution in [2.75, 3.05) is 5.73 Å². The van der Waals surface area contributed by atoms with Crippen molar-refractivity contribution in [3.8, 4) is 0 Å². The lowest BCUT2D eigenvalue weighted by atomic mass is 10.1. The number of hydrogen-bond donors (Lipinski definition) is 2. The van der Waals surface area contributed by atoms with E-state index in [0.29, 0.717) is 12.2 Å². The molecule has 1 aromatic carbocycles. The van der Waals surface area contributed by atoms with Gasteiger partial charge < -0.3 is 10.8 Å². The predicted molar refractivity (Wildman–Crippen MR) is 66.4 cm³/mol. The van der Waals surface area contributed by atoms with Crippen LogP contribution in [0.5, 0.6) is 0 Å². The average molecular weight is 254 g/mol. The summed E-state index contributed by atoms with van der Waals surface area (Å²) in [4.78, 5) is 10.6. The molecular weight excluding hydrogens is 242 g/mol. The molecule has 1 heterocycles. The van der Waals surface area contributed by atoms with Crippen LogP contribution in [0.3, 0.4) is 0 Å². The lowest BCUT2D eigenvalue weighted by molar-refractivity contribution is 0.0697. The number of nitrogens with two attached hydrogens (primary N) is 1. The fraction of sp³-hybridized carbons (Fsp3) is 0.0909. The van der Waals surface area contributed by atoms with E-state index in [1.54, 1.807) is 41.3 Å². The van der Waals surface area contributed by atoms with Gasteiger partial charge in [0.2, 0.25) is 0 Å². The number of hydrogen-bond acceptors (Lipinski definition) is 3. The number of nitrogen functional groups attached to an aromatic ring is 1. The predicted octanol–water partition coefficient (Wildman–Crippen LogP) is 1.63. The van der Waals surface area contributed by atoms with Crippen LogP contribution in [0.4, 0.5) is 5.69 Å². The summed E-state index contributed by atoms with van der Waals surface area (Å²) >= 11 is 0. The Hall–Kier alpha value is -2.01. The van der Waals surface area contributed by atoms with Crippen LogP contribution in [0.15, 0.2) is 36.7 Å². The molecular formula is C11H12ClN3O2. The largest absolute Gasteiger partial charge is 0.478 e. The summed E-state index contributed by atoms with van der Waals surface area (Å²) in [6.45, 7) is 0.580. The van der Waals surface area contributed by atoms with Crippen molar-refractivity contribution in [2.45, 2.75) is 6.54 Å². The van der Waals surface area contributed by atoms with Gasteiger partial charge in [0, 0.05) is 6.20 Å². The van der Waals surface area contributed by atoms with Crippen molar-refractivity contribution >= 4 is 24.1 Å². The molecule has 0 bridgehead atoms. The molecule has 0 aliphatic rings. The van der Waals surface area contributed by atoms with Gasteiger partial charge in [-0.2, -0.15) is 5.10 Å². The highest BCUT2D eigenvalue weighted by Gasteiger charge is 2.02. The Labute approximate surface area is 104 Å². The van der Waals surface area contributed by atoms with Crippen molar-refractivity contribution in [3.63, 3.8) is 0 Å². The minimum Gasteiger partial charge on any atom is -0.478 e. The highest BCUT2D eigenvalue weighted by Crippen LogP contribution is 2.07. The summed E-state index contributed by atoms with van der Waals surface area (Å²) in [5.41, 5.74) is 7.41. The number of carbonyl (C=O) groups is 1. The van der Waals surface area contributed by atoms with Gasteiger partial charge in [0.15, 0.2) is 0 Å². The second-order valence-electron chi connectivity index (χ2n) is 3.47. The van der Waals surface area contributed by atoms with Gasteiger partial charge in [-0.1, -0.05) is 12.1 Å². The third kappa shape index (κ3) is 3.22. The Kier molecular flexibility index (Phi) is 4.12. The van der Waals surface area contributed by atoms with Gasteiger partial charge in [-0.05, 0) is 17.7 Å². The van der Waals surface area contributed by atoms with Crippen LogP contribution in [-0.2, 0) is 6.54 Å². The number of carboxylic acids is 1. The molecule has 3 N–H and O–H groups in total. The van der Waals surface area contributed by atoms with Gasteiger partial charge in [0.05, 0.1) is 24.0 Å². The minimum absolute atomic E-state index is 0. The molecule has 0 spiro atoms. The van der Waals surface area contributed by atoms with E-state index in [-0.39, 0.29) is 18.0 Å². The SMILES string of the molecule is Cl.Nc1cnn(Cc2ccc(C(=O)O)cc2)c1. The van der Waals surface area contributed by atoms with Crippen LogP contribution >= 0.6 is 12.4 Å². The standard InChI is InChI=1S/C11H11N3O2.ClH/c12-10-5-13-14(7-10)6-8-1-3-9(4-2-8)11(15)16;/h1-5,7H,6,12H2,(H,15,16);1H. The summed E-state index contributed by atoms with van der Waals surface area (Å²) < 4.78 is 1.70. The van der Waals surface area contributed by atoms with E-state index in [0.717, 1.165) is 5.56 Å². The Morgan fingerprint density at radius 3 is 2.47 bits per heavy atom. The normalized spacial score (nSPS) is 9.65. The molecule has 1 aromatic heterocycles. The number of nitrogens with zero attached hydrogens (tertiary/aromatic N) is 2. The smallest absolute Gasteiger partial charge is 0.335 e. The van der Waals surface area contributed by atoms with E-state index in [2.05, 4.69) is 5.10 Å². The first kappa shape index (κ1) is 13.1. The van der Waals surface area contributed by atoms with Gasteiger partial charge in [0.1, 0.15) is 0 Å². The molecule has 17 heavy (non-hydrogen) atoms. The first-order valence-corrected chi connectivity index (χ1v) is 4.75. The summed E-state index contributed by atoms with van der Waals surface area (Å²) in [7, 11) is 0. The number of rotatable bonds is 3. The first-order valence-electron chi connectivity index (χ1n) is 4.75. The summed E-state index contributed by atoms with van der Waals surface area (Å²) in [5.74, 6) is -0.921. The van der Waals surface area contributed by atoms with Crippen LogP contribution in [0, 0.1) is 0 Å². The zero-order chi connectivity index (χ0) is 11.5. The number of anilines is 1. The molecule has 0 amide bonds. The third-order valence-corrected chi connectivity index (χ3v) is 2.20. The third-order valence-electron chi connectivity index (χ3n) is 2.20. The highest BCUT2D eigenvalue weighted by molar-refractivity contribution is 5.87. The van der Waals surface area contributed by atoms with E-state index >= 15 is 0 Å². The molecule has 0 atom stereocenters.